The quantitative estimate of drug-likeness (QED) is 0.870. The Bertz CT molecular complexity index is 665. The maximum Gasteiger partial charge on any atom is 0.257 e. The fourth-order valence-electron chi connectivity index (χ4n) is 1.50. The topological polar surface area (TPSA) is 51.2 Å². The molecule has 104 valence electrons. The van der Waals surface area contributed by atoms with Gasteiger partial charge in [0.25, 0.3) is 5.91 Å². The number of rotatable bonds is 3. The first-order valence-electron chi connectivity index (χ1n) is 5.48. The molecule has 1 amide bonds. The lowest BCUT2D eigenvalue weighted by atomic mass is 10.2. The Hall–Kier alpha value is -2.02. The zero-order chi connectivity index (χ0) is 14.7. The Morgan fingerprint density at radius 3 is 2.70 bits per heavy atom. The van der Waals surface area contributed by atoms with E-state index in [1.807, 2.05) is 0 Å². The van der Waals surface area contributed by atoms with Crippen LogP contribution in [0.25, 0.3) is 0 Å². The van der Waals surface area contributed by atoms with E-state index in [2.05, 4.69) is 26.2 Å². The molecule has 1 aromatic heterocycles. The number of amides is 1. The van der Waals surface area contributed by atoms with Crippen LogP contribution in [0.3, 0.4) is 0 Å². The number of nitrogens with one attached hydrogen (secondary N) is 1. The van der Waals surface area contributed by atoms with Gasteiger partial charge >= 0.3 is 0 Å². The predicted octanol–water partition coefficient (Wildman–Crippen LogP) is 3.38. The molecule has 0 atom stereocenters. The van der Waals surface area contributed by atoms with Crippen LogP contribution < -0.4 is 10.1 Å². The van der Waals surface area contributed by atoms with Crippen molar-refractivity contribution >= 4 is 27.5 Å². The number of halogens is 3. The fraction of sp³-hybridized carbons (Fsp3) is 0.0769. The summed E-state index contributed by atoms with van der Waals surface area (Å²) in [5, 5.41) is 2.32. The molecule has 1 N–H and O–H groups in total. The van der Waals surface area contributed by atoms with E-state index in [1.165, 1.54) is 13.2 Å². The summed E-state index contributed by atoms with van der Waals surface area (Å²) in [5.74, 6) is -2.13. The van der Waals surface area contributed by atoms with Crippen LogP contribution in [-0.4, -0.2) is 18.0 Å². The molecule has 4 nitrogen and oxygen atoms in total. The maximum atomic E-state index is 13.4. The van der Waals surface area contributed by atoms with E-state index >= 15 is 0 Å². The van der Waals surface area contributed by atoms with Gasteiger partial charge in [0, 0.05) is 4.47 Å². The van der Waals surface area contributed by atoms with Gasteiger partial charge in [0.05, 0.1) is 18.4 Å². The van der Waals surface area contributed by atoms with E-state index in [0.717, 1.165) is 12.1 Å². The van der Waals surface area contributed by atoms with Crippen LogP contribution in [0.4, 0.5) is 14.5 Å². The molecule has 2 aromatic rings. The highest BCUT2D eigenvalue weighted by molar-refractivity contribution is 9.10. The van der Waals surface area contributed by atoms with E-state index in [-0.39, 0.29) is 11.3 Å². The van der Waals surface area contributed by atoms with E-state index in [9.17, 15) is 13.6 Å². The second-order valence-corrected chi connectivity index (χ2v) is 4.63. The van der Waals surface area contributed by atoms with Gasteiger partial charge in [0.15, 0.2) is 0 Å². The Morgan fingerprint density at radius 2 is 2.05 bits per heavy atom. The highest BCUT2D eigenvalue weighted by Gasteiger charge is 2.14. The normalized spacial score (nSPS) is 10.2. The number of hydrogen-bond donors (Lipinski definition) is 1. The van der Waals surface area contributed by atoms with Gasteiger partial charge in [-0.2, -0.15) is 13.8 Å². The summed E-state index contributed by atoms with van der Waals surface area (Å²) in [6, 6.07) is 6.85. The minimum absolute atomic E-state index is 0.203. The zero-order valence-corrected chi connectivity index (χ0v) is 11.9. The molecule has 0 spiro atoms. The largest absolute Gasteiger partial charge is 0.497 e. The molecule has 1 heterocycles. The predicted molar refractivity (Wildman–Crippen MR) is 72.8 cm³/mol. The summed E-state index contributed by atoms with van der Waals surface area (Å²) in [6.45, 7) is 0. The van der Waals surface area contributed by atoms with Crippen LogP contribution in [0.15, 0.2) is 34.8 Å². The molecule has 0 bridgehead atoms. The number of methoxy groups -OCH3 is 1. The number of hydrogen-bond acceptors (Lipinski definition) is 3. The van der Waals surface area contributed by atoms with Crippen LogP contribution >= 0.6 is 15.9 Å². The van der Waals surface area contributed by atoms with Gasteiger partial charge in [-0.05, 0) is 46.3 Å². The highest BCUT2D eigenvalue weighted by Crippen LogP contribution is 2.24. The molecule has 0 saturated carbocycles. The Kier molecular flexibility index (Phi) is 4.29. The van der Waals surface area contributed by atoms with Crippen molar-refractivity contribution in [3.05, 3.63) is 52.3 Å². The summed E-state index contributed by atoms with van der Waals surface area (Å²) in [5.41, 5.74) is 0.0548. The number of carbonyl (C=O) groups excluding carboxylic acids is 1. The molecule has 0 unspecified atom stereocenters. The Labute approximate surface area is 121 Å². The van der Waals surface area contributed by atoms with Crippen molar-refractivity contribution in [2.45, 2.75) is 0 Å². The van der Waals surface area contributed by atoms with Crippen molar-refractivity contribution < 1.29 is 18.3 Å². The van der Waals surface area contributed by atoms with E-state index in [0.29, 0.717) is 10.2 Å². The van der Waals surface area contributed by atoms with Crippen molar-refractivity contribution in [2.24, 2.45) is 0 Å². The first kappa shape index (κ1) is 14.4. The molecule has 0 aliphatic carbocycles. The van der Waals surface area contributed by atoms with E-state index < -0.39 is 17.8 Å². The van der Waals surface area contributed by atoms with Crippen LogP contribution in [0.1, 0.15) is 10.4 Å². The van der Waals surface area contributed by atoms with Crippen LogP contribution in [0, 0.1) is 11.9 Å². The molecule has 1 aromatic carbocycles. The molecule has 0 fully saturated rings. The van der Waals surface area contributed by atoms with Crippen molar-refractivity contribution in [3.63, 3.8) is 0 Å². The second kappa shape index (κ2) is 5.96. The van der Waals surface area contributed by atoms with Crippen LogP contribution in [0.2, 0.25) is 0 Å². The third-order valence-electron chi connectivity index (χ3n) is 2.48. The summed E-state index contributed by atoms with van der Waals surface area (Å²) in [7, 11) is 1.47. The minimum Gasteiger partial charge on any atom is -0.497 e. The number of anilines is 1. The van der Waals surface area contributed by atoms with Gasteiger partial charge in [0.2, 0.25) is 11.9 Å². The van der Waals surface area contributed by atoms with E-state index in [4.69, 9.17) is 4.74 Å². The molecule has 0 saturated heterocycles. The number of ether oxygens (including phenoxy) is 1. The van der Waals surface area contributed by atoms with Crippen molar-refractivity contribution in [2.75, 3.05) is 12.4 Å². The van der Waals surface area contributed by atoms with Gasteiger partial charge in [0.1, 0.15) is 5.75 Å². The molecule has 0 aliphatic heterocycles. The van der Waals surface area contributed by atoms with Gasteiger partial charge in [-0.15, -0.1) is 0 Å². The Balaban J connectivity index is 2.28. The number of nitrogens with zero attached hydrogens (tertiary/aromatic N) is 1. The summed E-state index contributed by atoms with van der Waals surface area (Å²) in [4.78, 5) is 15.0. The number of pyridine rings is 1. The first-order chi connectivity index (χ1) is 9.51. The van der Waals surface area contributed by atoms with Gasteiger partial charge in [-0.25, -0.2) is 0 Å². The van der Waals surface area contributed by atoms with Gasteiger partial charge < -0.3 is 10.1 Å². The maximum absolute atomic E-state index is 13.4. The van der Waals surface area contributed by atoms with Crippen molar-refractivity contribution in [3.8, 4) is 5.75 Å². The molecule has 0 aliphatic rings. The van der Waals surface area contributed by atoms with Gasteiger partial charge in [-0.3, -0.25) is 4.79 Å². The molecule has 2 rings (SSSR count). The number of benzene rings is 1. The smallest absolute Gasteiger partial charge is 0.257 e. The average Bonchev–Trinajstić information content (AvgIpc) is 2.42. The van der Waals surface area contributed by atoms with Crippen LogP contribution in [0.5, 0.6) is 5.75 Å². The molecule has 0 radical (unpaired) electrons. The zero-order valence-electron chi connectivity index (χ0n) is 10.3. The number of carbonyl (C=O) groups is 1. The highest BCUT2D eigenvalue weighted by atomic mass is 79.9. The van der Waals surface area contributed by atoms with Crippen molar-refractivity contribution in [1.29, 1.82) is 0 Å². The minimum atomic E-state index is -1.09. The average molecular weight is 343 g/mol. The lowest BCUT2D eigenvalue weighted by molar-refractivity contribution is 0.102. The third kappa shape index (κ3) is 3.11. The van der Waals surface area contributed by atoms with E-state index in [1.54, 1.807) is 12.1 Å². The lowest BCUT2D eigenvalue weighted by Crippen LogP contribution is -2.14. The molecular weight excluding hydrogens is 334 g/mol. The summed E-state index contributed by atoms with van der Waals surface area (Å²) in [6.07, 6.45) is 0. The molecular formula is C13H9BrF2N2O2. The summed E-state index contributed by atoms with van der Waals surface area (Å²) < 4.78 is 31.6. The summed E-state index contributed by atoms with van der Waals surface area (Å²) >= 11 is 3.22. The second-order valence-electron chi connectivity index (χ2n) is 3.77. The van der Waals surface area contributed by atoms with Crippen LogP contribution in [-0.2, 0) is 0 Å². The molecule has 20 heavy (non-hydrogen) atoms. The Morgan fingerprint density at radius 1 is 1.30 bits per heavy atom. The third-order valence-corrected chi connectivity index (χ3v) is 3.17. The van der Waals surface area contributed by atoms with Gasteiger partial charge in [-0.1, -0.05) is 0 Å². The SMILES string of the molecule is COc1ccc(Br)c(C(=O)Nc2ccc(F)nc2F)c1. The van der Waals surface area contributed by atoms with Crippen molar-refractivity contribution in [1.82, 2.24) is 4.98 Å². The first-order valence-corrected chi connectivity index (χ1v) is 6.27. The fourth-order valence-corrected chi connectivity index (χ4v) is 1.93. The standard InChI is InChI=1S/C13H9BrF2N2O2/c1-20-7-2-3-9(14)8(6-7)13(19)17-10-4-5-11(15)18-12(10)16/h2-6H,1H3,(H,17,19). The number of aromatic nitrogens is 1. The lowest BCUT2D eigenvalue weighted by Gasteiger charge is -2.09. The monoisotopic (exact) mass is 342 g/mol. The molecule has 7 heteroatoms.